The predicted molar refractivity (Wildman–Crippen MR) is 113 cm³/mol. The highest BCUT2D eigenvalue weighted by molar-refractivity contribution is 9.10. The molecule has 29 heavy (non-hydrogen) atoms. The fourth-order valence-corrected chi connectivity index (χ4v) is 4.15. The van der Waals surface area contributed by atoms with Gasteiger partial charge < -0.3 is 13.8 Å². The first-order chi connectivity index (χ1) is 13.8. The van der Waals surface area contributed by atoms with Crippen molar-refractivity contribution in [1.82, 2.24) is 5.16 Å². The molecule has 0 saturated carbocycles. The summed E-state index contributed by atoms with van der Waals surface area (Å²) in [6, 6.07) is 11.9. The standard InChI is InChI=1S/C21H21BBrN2O4/c1-20(2)21(3,8-9-25-13-15-11-17(23)5-7-19(15)27-25)29-22(28-20)16-4-6-18-14(10-16)12-24-26-18/h4-7,10-13H,8-9H2,1-3H3/q+1. The van der Waals surface area contributed by atoms with Gasteiger partial charge in [-0.2, -0.15) is 0 Å². The quantitative estimate of drug-likeness (QED) is 0.344. The van der Waals surface area contributed by atoms with E-state index in [-0.39, 0.29) is 0 Å². The summed E-state index contributed by atoms with van der Waals surface area (Å²) in [7, 11) is -0.439. The van der Waals surface area contributed by atoms with Crippen molar-refractivity contribution < 1.29 is 23.1 Å². The Morgan fingerprint density at radius 3 is 2.72 bits per heavy atom. The van der Waals surface area contributed by atoms with Crippen LogP contribution in [0.3, 0.4) is 0 Å². The maximum Gasteiger partial charge on any atom is 0.494 e. The summed E-state index contributed by atoms with van der Waals surface area (Å²) in [5.41, 5.74) is 1.63. The molecule has 1 fully saturated rings. The SMILES string of the molecule is CC1(C)OB(c2ccc3oncc3c2)OC1(C)CC[n+]1cc2cc(Br)ccc2o1. The van der Waals surface area contributed by atoms with E-state index in [9.17, 15) is 0 Å². The van der Waals surface area contributed by atoms with Gasteiger partial charge in [-0.25, -0.2) is 4.52 Å². The molecular weight excluding hydrogens is 435 g/mol. The Kier molecular flexibility index (Phi) is 4.35. The maximum atomic E-state index is 6.45. The molecule has 1 aliphatic rings. The van der Waals surface area contributed by atoms with Crippen molar-refractivity contribution in [2.75, 3.05) is 0 Å². The number of rotatable bonds is 4. The molecule has 0 radical (unpaired) electrons. The Balaban J connectivity index is 1.36. The van der Waals surface area contributed by atoms with Gasteiger partial charge in [0, 0.05) is 16.3 Å². The molecule has 0 N–H and O–H groups in total. The van der Waals surface area contributed by atoms with Crippen LogP contribution in [0.1, 0.15) is 27.2 Å². The lowest BCUT2D eigenvalue weighted by atomic mass is 9.79. The topological polar surface area (TPSA) is 61.5 Å². The second kappa shape index (κ2) is 6.69. The van der Waals surface area contributed by atoms with Gasteiger partial charge in [0.15, 0.2) is 12.1 Å². The molecule has 1 saturated heterocycles. The molecule has 0 bridgehead atoms. The minimum Gasteiger partial charge on any atom is -0.399 e. The Hall–Kier alpha value is -2.16. The minimum atomic E-state index is -0.478. The second-order valence-electron chi connectivity index (χ2n) is 8.23. The first kappa shape index (κ1) is 18.8. The van der Waals surface area contributed by atoms with Crippen LogP contribution in [-0.4, -0.2) is 23.5 Å². The average Bonchev–Trinajstić information content (AvgIpc) is 3.35. The highest BCUT2D eigenvalue weighted by Crippen LogP contribution is 2.39. The predicted octanol–water partition coefficient (Wildman–Crippen LogP) is 3.99. The summed E-state index contributed by atoms with van der Waals surface area (Å²) in [5.74, 6) is 0. The zero-order chi connectivity index (χ0) is 20.2. The third-order valence-corrected chi connectivity index (χ3v) is 6.46. The summed E-state index contributed by atoms with van der Waals surface area (Å²) in [5, 5.41) is 5.84. The summed E-state index contributed by atoms with van der Waals surface area (Å²) in [4.78, 5) is 0. The van der Waals surface area contributed by atoms with E-state index in [1.54, 1.807) is 6.20 Å². The molecule has 0 amide bonds. The fraction of sp³-hybridized carbons (Fsp3) is 0.333. The van der Waals surface area contributed by atoms with Crippen molar-refractivity contribution in [2.45, 2.75) is 44.9 Å². The molecule has 6 nitrogen and oxygen atoms in total. The molecule has 1 atom stereocenters. The fourth-order valence-electron chi connectivity index (χ4n) is 3.77. The maximum absolute atomic E-state index is 6.45. The van der Waals surface area contributed by atoms with E-state index in [1.165, 1.54) is 0 Å². The average molecular weight is 456 g/mol. The lowest BCUT2D eigenvalue weighted by Gasteiger charge is -2.35. The molecule has 2 aromatic carbocycles. The van der Waals surface area contributed by atoms with Crippen LogP contribution in [0, 0.1) is 0 Å². The molecular formula is C21H21BBrN2O4+. The minimum absolute atomic E-state index is 0.439. The molecule has 148 valence electrons. The van der Waals surface area contributed by atoms with Gasteiger partial charge in [-0.1, -0.05) is 27.2 Å². The number of nitrogens with zero attached hydrogens (tertiary/aromatic N) is 2. The van der Waals surface area contributed by atoms with Crippen LogP contribution in [0.4, 0.5) is 0 Å². The Morgan fingerprint density at radius 1 is 1.03 bits per heavy atom. The van der Waals surface area contributed by atoms with Crippen molar-refractivity contribution in [3.63, 3.8) is 0 Å². The monoisotopic (exact) mass is 455 g/mol. The van der Waals surface area contributed by atoms with Gasteiger partial charge in [-0.15, -0.1) is 0 Å². The van der Waals surface area contributed by atoms with Gasteiger partial charge in [0.25, 0.3) is 0 Å². The number of hydrogen-bond acceptors (Lipinski definition) is 5. The molecule has 1 aliphatic heterocycles. The van der Waals surface area contributed by atoms with Gasteiger partial charge in [-0.05, 0) is 61.3 Å². The second-order valence-corrected chi connectivity index (χ2v) is 9.14. The Morgan fingerprint density at radius 2 is 1.86 bits per heavy atom. The lowest BCUT2D eigenvalue weighted by molar-refractivity contribution is -0.861. The van der Waals surface area contributed by atoms with E-state index in [0.717, 1.165) is 38.3 Å². The molecule has 2 aromatic heterocycles. The van der Waals surface area contributed by atoms with Gasteiger partial charge in [0.2, 0.25) is 11.8 Å². The molecule has 8 heteroatoms. The number of halogens is 1. The van der Waals surface area contributed by atoms with Crippen molar-refractivity contribution in [3.8, 4) is 0 Å². The number of benzene rings is 2. The first-order valence-corrected chi connectivity index (χ1v) is 10.4. The Bertz CT molecular complexity index is 1200. The van der Waals surface area contributed by atoms with E-state index >= 15 is 0 Å². The van der Waals surface area contributed by atoms with Crippen molar-refractivity contribution in [3.05, 3.63) is 53.3 Å². The molecule has 1 unspecified atom stereocenters. The van der Waals surface area contributed by atoms with Crippen molar-refractivity contribution in [1.29, 1.82) is 0 Å². The molecule has 3 heterocycles. The third kappa shape index (κ3) is 3.29. The number of hydrogen-bond donors (Lipinski definition) is 0. The van der Waals surface area contributed by atoms with E-state index in [2.05, 4.69) is 41.9 Å². The lowest BCUT2D eigenvalue weighted by Crippen LogP contribution is -2.48. The van der Waals surface area contributed by atoms with Gasteiger partial charge in [0.05, 0.1) is 22.8 Å². The number of aromatic nitrogens is 2. The molecule has 0 spiro atoms. The van der Waals surface area contributed by atoms with E-state index in [4.69, 9.17) is 18.4 Å². The van der Waals surface area contributed by atoms with Crippen LogP contribution in [-0.2, 0) is 15.9 Å². The highest BCUT2D eigenvalue weighted by Gasteiger charge is 2.55. The van der Waals surface area contributed by atoms with E-state index < -0.39 is 18.3 Å². The van der Waals surface area contributed by atoms with Crippen molar-refractivity contribution >= 4 is 50.4 Å². The van der Waals surface area contributed by atoms with Gasteiger partial charge in [0.1, 0.15) is 0 Å². The van der Waals surface area contributed by atoms with Crippen LogP contribution < -0.4 is 10.2 Å². The largest absolute Gasteiger partial charge is 0.494 e. The summed E-state index contributed by atoms with van der Waals surface area (Å²) < 4.78 is 26.8. The van der Waals surface area contributed by atoms with Crippen LogP contribution in [0.15, 0.2) is 62.3 Å². The highest BCUT2D eigenvalue weighted by atomic mass is 79.9. The van der Waals surface area contributed by atoms with E-state index in [1.807, 2.05) is 47.3 Å². The zero-order valence-electron chi connectivity index (χ0n) is 16.5. The summed E-state index contributed by atoms with van der Waals surface area (Å²) in [6.07, 6.45) is 4.47. The number of aryl methyl sites for hydroxylation is 1. The zero-order valence-corrected chi connectivity index (χ0v) is 18.1. The van der Waals surface area contributed by atoms with Crippen LogP contribution >= 0.6 is 15.9 Å². The van der Waals surface area contributed by atoms with Crippen molar-refractivity contribution in [2.24, 2.45) is 0 Å². The molecule has 4 aromatic rings. The normalized spacial score (nSPS) is 21.4. The third-order valence-electron chi connectivity index (χ3n) is 5.97. The first-order valence-electron chi connectivity index (χ1n) is 9.62. The summed E-state index contributed by atoms with van der Waals surface area (Å²) >= 11 is 3.50. The Labute approximate surface area is 177 Å². The summed E-state index contributed by atoms with van der Waals surface area (Å²) in [6.45, 7) is 6.94. The van der Waals surface area contributed by atoms with E-state index in [0.29, 0.717) is 6.54 Å². The van der Waals surface area contributed by atoms with Crippen LogP contribution in [0.5, 0.6) is 0 Å². The molecule has 5 rings (SSSR count). The van der Waals surface area contributed by atoms with Gasteiger partial charge >= 0.3 is 7.12 Å². The van der Waals surface area contributed by atoms with Crippen LogP contribution in [0.25, 0.3) is 21.9 Å². The van der Waals surface area contributed by atoms with Crippen LogP contribution in [0.2, 0.25) is 0 Å². The number of fused-ring (bicyclic) bond motifs is 2. The smallest absolute Gasteiger partial charge is 0.399 e. The molecule has 0 aliphatic carbocycles. The van der Waals surface area contributed by atoms with Gasteiger partial charge in [-0.3, -0.25) is 0 Å².